The standard InChI is InChI=1S/C21H20ClN3O2/c1-2-27-20-10-6-5-9-18(20)25-21(26)19-12-11-16(14-24-19)23-13-15-7-3-4-8-17(15)22/h3-12,14,23H,2,13H2,1H3,(H,25,26). The van der Waals surface area contributed by atoms with Gasteiger partial charge in [0.25, 0.3) is 5.91 Å². The Balaban J connectivity index is 1.63. The van der Waals surface area contributed by atoms with Crippen LogP contribution in [0.3, 0.4) is 0 Å². The van der Waals surface area contributed by atoms with Crippen LogP contribution in [0.4, 0.5) is 11.4 Å². The molecule has 0 aliphatic rings. The minimum atomic E-state index is -0.292. The molecule has 6 heteroatoms. The van der Waals surface area contributed by atoms with Crippen LogP contribution in [0, 0.1) is 0 Å². The maximum Gasteiger partial charge on any atom is 0.274 e. The van der Waals surface area contributed by atoms with Crippen LogP contribution in [0.15, 0.2) is 66.9 Å². The van der Waals surface area contributed by atoms with Crippen LogP contribution < -0.4 is 15.4 Å². The fourth-order valence-corrected chi connectivity index (χ4v) is 2.71. The number of carbonyl (C=O) groups excluding carboxylic acids is 1. The largest absolute Gasteiger partial charge is 0.492 e. The lowest BCUT2D eigenvalue weighted by Crippen LogP contribution is -2.14. The van der Waals surface area contributed by atoms with E-state index in [-0.39, 0.29) is 5.91 Å². The third-order valence-electron chi connectivity index (χ3n) is 3.87. The average molecular weight is 382 g/mol. The van der Waals surface area contributed by atoms with Gasteiger partial charge in [0.05, 0.1) is 24.2 Å². The second-order valence-corrected chi connectivity index (χ2v) is 6.17. The van der Waals surface area contributed by atoms with Gasteiger partial charge in [0.15, 0.2) is 0 Å². The number of anilines is 2. The Morgan fingerprint density at radius 1 is 1.07 bits per heavy atom. The number of nitrogens with one attached hydrogen (secondary N) is 2. The zero-order valence-corrected chi connectivity index (χ0v) is 15.7. The van der Waals surface area contributed by atoms with Gasteiger partial charge in [-0.2, -0.15) is 0 Å². The molecule has 0 spiro atoms. The van der Waals surface area contributed by atoms with Crippen molar-refractivity contribution < 1.29 is 9.53 Å². The molecule has 0 bridgehead atoms. The Labute approximate surface area is 163 Å². The number of aromatic nitrogens is 1. The fraction of sp³-hybridized carbons (Fsp3) is 0.143. The van der Waals surface area contributed by atoms with E-state index >= 15 is 0 Å². The van der Waals surface area contributed by atoms with Crippen molar-refractivity contribution >= 4 is 28.9 Å². The molecule has 0 atom stereocenters. The first-order valence-corrected chi connectivity index (χ1v) is 9.01. The van der Waals surface area contributed by atoms with Crippen LogP contribution in [-0.2, 0) is 6.54 Å². The number of pyridine rings is 1. The predicted octanol–water partition coefficient (Wildman–Crippen LogP) is 5.00. The molecule has 0 saturated heterocycles. The van der Waals surface area contributed by atoms with E-state index in [0.29, 0.717) is 35.3 Å². The van der Waals surface area contributed by atoms with Crippen molar-refractivity contribution in [3.8, 4) is 5.75 Å². The van der Waals surface area contributed by atoms with Crippen LogP contribution in [0.1, 0.15) is 23.0 Å². The Kier molecular flexibility index (Phi) is 6.28. The molecule has 0 radical (unpaired) electrons. The molecule has 5 nitrogen and oxygen atoms in total. The molecule has 0 unspecified atom stereocenters. The van der Waals surface area contributed by atoms with Crippen LogP contribution in [0.2, 0.25) is 5.02 Å². The summed E-state index contributed by atoms with van der Waals surface area (Å²) in [6, 6.07) is 18.4. The third-order valence-corrected chi connectivity index (χ3v) is 4.24. The third kappa shape index (κ3) is 4.99. The van der Waals surface area contributed by atoms with Crippen LogP contribution in [0.5, 0.6) is 5.75 Å². The lowest BCUT2D eigenvalue weighted by atomic mass is 10.2. The first-order valence-electron chi connectivity index (χ1n) is 8.64. The van der Waals surface area contributed by atoms with E-state index in [1.165, 1.54) is 0 Å². The summed E-state index contributed by atoms with van der Waals surface area (Å²) in [7, 11) is 0. The van der Waals surface area contributed by atoms with Crippen LogP contribution in [0.25, 0.3) is 0 Å². The normalized spacial score (nSPS) is 10.3. The molecule has 2 N–H and O–H groups in total. The summed E-state index contributed by atoms with van der Waals surface area (Å²) in [5.41, 5.74) is 2.74. The minimum Gasteiger partial charge on any atom is -0.492 e. The first kappa shape index (κ1) is 18.7. The summed E-state index contributed by atoms with van der Waals surface area (Å²) in [5.74, 6) is 0.339. The van der Waals surface area contributed by atoms with Gasteiger partial charge in [-0.1, -0.05) is 41.9 Å². The van der Waals surface area contributed by atoms with E-state index in [9.17, 15) is 4.79 Å². The topological polar surface area (TPSA) is 63.2 Å². The van der Waals surface area contributed by atoms with Gasteiger partial charge < -0.3 is 15.4 Å². The van der Waals surface area contributed by atoms with Crippen LogP contribution >= 0.6 is 11.6 Å². The number of halogens is 1. The second kappa shape index (κ2) is 9.05. The Bertz CT molecular complexity index is 913. The highest BCUT2D eigenvalue weighted by Crippen LogP contribution is 2.24. The maximum atomic E-state index is 12.4. The Morgan fingerprint density at radius 3 is 2.59 bits per heavy atom. The van der Waals surface area contributed by atoms with E-state index in [2.05, 4.69) is 15.6 Å². The quantitative estimate of drug-likeness (QED) is 0.604. The molecule has 27 heavy (non-hydrogen) atoms. The van der Waals surface area contributed by atoms with Crippen molar-refractivity contribution in [2.24, 2.45) is 0 Å². The van der Waals surface area contributed by atoms with Gasteiger partial charge in [-0.05, 0) is 42.8 Å². The Morgan fingerprint density at radius 2 is 1.85 bits per heavy atom. The highest BCUT2D eigenvalue weighted by atomic mass is 35.5. The van der Waals surface area contributed by atoms with Crippen molar-refractivity contribution in [2.75, 3.05) is 17.2 Å². The number of benzene rings is 2. The molecule has 0 aliphatic heterocycles. The number of carbonyl (C=O) groups is 1. The summed E-state index contributed by atoms with van der Waals surface area (Å²) in [4.78, 5) is 16.7. The summed E-state index contributed by atoms with van der Waals surface area (Å²) in [6.07, 6.45) is 1.63. The lowest BCUT2D eigenvalue weighted by Gasteiger charge is -2.11. The zero-order valence-electron chi connectivity index (χ0n) is 14.9. The van der Waals surface area contributed by atoms with Crippen molar-refractivity contribution in [3.63, 3.8) is 0 Å². The van der Waals surface area contributed by atoms with Gasteiger partial charge in [-0.15, -0.1) is 0 Å². The second-order valence-electron chi connectivity index (χ2n) is 5.76. The summed E-state index contributed by atoms with van der Waals surface area (Å²) in [5, 5.41) is 6.79. The van der Waals surface area contributed by atoms with E-state index in [1.54, 1.807) is 18.3 Å². The van der Waals surface area contributed by atoms with Gasteiger partial charge >= 0.3 is 0 Å². The molecule has 1 amide bonds. The Hall–Kier alpha value is -3.05. The van der Waals surface area contributed by atoms with Crippen molar-refractivity contribution in [3.05, 3.63) is 83.1 Å². The molecule has 138 valence electrons. The van der Waals surface area contributed by atoms with E-state index in [0.717, 1.165) is 11.3 Å². The number of amides is 1. The number of para-hydroxylation sites is 2. The highest BCUT2D eigenvalue weighted by molar-refractivity contribution is 6.31. The minimum absolute atomic E-state index is 0.292. The van der Waals surface area contributed by atoms with E-state index < -0.39 is 0 Å². The number of hydrogen-bond acceptors (Lipinski definition) is 4. The zero-order chi connectivity index (χ0) is 19.1. The van der Waals surface area contributed by atoms with E-state index in [1.807, 2.05) is 55.5 Å². The van der Waals surface area contributed by atoms with E-state index in [4.69, 9.17) is 16.3 Å². The van der Waals surface area contributed by atoms with Crippen LogP contribution in [-0.4, -0.2) is 17.5 Å². The number of hydrogen-bond donors (Lipinski definition) is 2. The fourth-order valence-electron chi connectivity index (χ4n) is 2.51. The molecular formula is C21H20ClN3O2. The summed E-state index contributed by atoms with van der Waals surface area (Å²) < 4.78 is 5.52. The van der Waals surface area contributed by atoms with Crippen molar-refractivity contribution in [2.45, 2.75) is 13.5 Å². The number of nitrogens with zero attached hydrogens (tertiary/aromatic N) is 1. The number of rotatable bonds is 7. The van der Waals surface area contributed by atoms with Gasteiger partial charge in [0.2, 0.25) is 0 Å². The molecule has 3 aromatic rings. The highest BCUT2D eigenvalue weighted by Gasteiger charge is 2.11. The van der Waals surface area contributed by atoms with Gasteiger partial charge in [0.1, 0.15) is 11.4 Å². The number of ether oxygens (including phenoxy) is 1. The maximum absolute atomic E-state index is 12.4. The first-order chi connectivity index (χ1) is 13.2. The monoisotopic (exact) mass is 381 g/mol. The molecular weight excluding hydrogens is 362 g/mol. The molecule has 1 aromatic heterocycles. The summed E-state index contributed by atoms with van der Waals surface area (Å²) in [6.45, 7) is 3.00. The molecule has 3 rings (SSSR count). The van der Waals surface area contributed by atoms with Crippen molar-refractivity contribution in [1.29, 1.82) is 0 Å². The lowest BCUT2D eigenvalue weighted by molar-refractivity contribution is 0.102. The van der Waals surface area contributed by atoms with Gasteiger partial charge in [-0.3, -0.25) is 4.79 Å². The smallest absolute Gasteiger partial charge is 0.274 e. The SMILES string of the molecule is CCOc1ccccc1NC(=O)c1ccc(NCc2ccccc2Cl)cn1. The van der Waals surface area contributed by atoms with Gasteiger partial charge in [0, 0.05) is 11.6 Å². The molecule has 1 heterocycles. The molecule has 0 aliphatic carbocycles. The average Bonchev–Trinajstić information content (AvgIpc) is 2.69. The van der Waals surface area contributed by atoms with Gasteiger partial charge in [-0.25, -0.2) is 4.98 Å². The van der Waals surface area contributed by atoms with Crippen molar-refractivity contribution in [1.82, 2.24) is 4.98 Å². The predicted molar refractivity (Wildman–Crippen MR) is 109 cm³/mol. The molecule has 0 saturated carbocycles. The molecule has 0 fully saturated rings. The molecule has 2 aromatic carbocycles. The summed E-state index contributed by atoms with van der Waals surface area (Å²) >= 11 is 6.15.